The molecule has 21 heavy (non-hydrogen) atoms. The smallest absolute Gasteiger partial charge is 0.244 e. The molecular formula is C16H14N2O2S. The number of thiophene rings is 1. The molecule has 0 saturated carbocycles. The largest absolute Gasteiger partial charge is 0.479 e. The van der Waals surface area contributed by atoms with Crippen molar-refractivity contribution in [2.45, 2.75) is 0 Å². The Bertz CT molecular complexity index is 640. The molecule has 1 amide bonds. The molecule has 2 aromatic rings. The number of hydrogen-bond acceptors (Lipinski definition) is 4. The third-order valence-electron chi connectivity index (χ3n) is 2.36. The maximum Gasteiger partial charge on any atom is 0.244 e. The molecule has 0 aliphatic rings. The Morgan fingerprint density at radius 2 is 2.33 bits per heavy atom. The Hall–Kier alpha value is -2.58. The molecule has 1 N–H and O–H groups in total. The van der Waals surface area contributed by atoms with Crippen LogP contribution in [0.1, 0.15) is 4.88 Å². The fraction of sp³-hybridized carbons (Fsp3) is 0.125. The van der Waals surface area contributed by atoms with Gasteiger partial charge >= 0.3 is 0 Å². The average molecular weight is 298 g/mol. The van der Waals surface area contributed by atoms with E-state index in [0.717, 1.165) is 4.88 Å². The van der Waals surface area contributed by atoms with E-state index in [9.17, 15) is 4.79 Å². The number of amides is 1. The molecule has 106 valence electrons. The van der Waals surface area contributed by atoms with E-state index >= 15 is 0 Å². The number of ether oxygens (including phenoxy) is 1. The third-order valence-corrected chi connectivity index (χ3v) is 3.20. The van der Waals surface area contributed by atoms with Crippen molar-refractivity contribution >= 4 is 23.3 Å². The molecule has 0 unspecified atom stereocenters. The highest BCUT2D eigenvalue weighted by Gasteiger charge is 1.93. The predicted molar refractivity (Wildman–Crippen MR) is 83.9 cm³/mol. The van der Waals surface area contributed by atoms with Crippen LogP contribution in [-0.2, 0) is 4.79 Å². The van der Waals surface area contributed by atoms with E-state index in [1.165, 1.54) is 6.08 Å². The molecule has 4 nitrogen and oxygen atoms in total. The van der Waals surface area contributed by atoms with Crippen LogP contribution in [0.25, 0.3) is 6.08 Å². The van der Waals surface area contributed by atoms with Crippen LogP contribution >= 0.6 is 11.3 Å². The van der Waals surface area contributed by atoms with E-state index in [1.807, 2.05) is 23.6 Å². The van der Waals surface area contributed by atoms with Gasteiger partial charge in [0.2, 0.25) is 5.91 Å². The SMILES string of the molecule is O=C(/C=C/c1cccs1)NCC#CCOc1cccnc1. The average Bonchev–Trinajstić information content (AvgIpc) is 3.03. The van der Waals surface area contributed by atoms with Crippen molar-refractivity contribution in [3.05, 3.63) is 53.0 Å². The van der Waals surface area contributed by atoms with Crippen LogP contribution in [0.3, 0.4) is 0 Å². The molecule has 2 rings (SSSR count). The van der Waals surface area contributed by atoms with Crippen molar-refractivity contribution in [1.82, 2.24) is 10.3 Å². The van der Waals surface area contributed by atoms with Crippen LogP contribution in [0.5, 0.6) is 5.75 Å². The van der Waals surface area contributed by atoms with Gasteiger partial charge in [-0.2, -0.15) is 0 Å². The minimum atomic E-state index is -0.161. The number of rotatable bonds is 5. The van der Waals surface area contributed by atoms with E-state index < -0.39 is 0 Å². The molecule has 0 atom stereocenters. The zero-order chi connectivity index (χ0) is 14.8. The Morgan fingerprint density at radius 3 is 3.10 bits per heavy atom. The van der Waals surface area contributed by atoms with E-state index in [4.69, 9.17) is 4.74 Å². The lowest BCUT2D eigenvalue weighted by atomic mass is 10.4. The zero-order valence-electron chi connectivity index (χ0n) is 11.3. The van der Waals surface area contributed by atoms with Gasteiger partial charge in [-0.05, 0) is 29.7 Å². The van der Waals surface area contributed by atoms with Crippen LogP contribution < -0.4 is 10.1 Å². The maximum absolute atomic E-state index is 11.5. The number of nitrogens with zero attached hydrogens (tertiary/aromatic N) is 1. The monoisotopic (exact) mass is 298 g/mol. The molecule has 0 aliphatic carbocycles. The minimum absolute atomic E-state index is 0.161. The summed E-state index contributed by atoms with van der Waals surface area (Å²) in [5.41, 5.74) is 0. The van der Waals surface area contributed by atoms with Crippen LogP contribution in [0.15, 0.2) is 48.1 Å². The zero-order valence-corrected chi connectivity index (χ0v) is 12.1. The summed E-state index contributed by atoms with van der Waals surface area (Å²) in [6.07, 6.45) is 6.58. The van der Waals surface area contributed by atoms with Crippen molar-refractivity contribution in [1.29, 1.82) is 0 Å². The van der Waals surface area contributed by atoms with Crippen molar-refractivity contribution in [3.63, 3.8) is 0 Å². The van der Waals surface area contributed by atoms with Crippen LogP contribution in [0.4, 0.5) is 0 Å². The topological polar surface area (TPSA) is 51.2 Å². The molecule has 0 saturated heterocycles. The number of hydrogen-bond donors (Lipinski definition) is 1. The van der Waals surface area contributed by atoms with Gasteiger partial charge in [0.1, 0.15) is 12.4 Å². The predicted octanol–water partition coefficient (Wildman–Crippen LogP) is 2.35. The second-order valence-electron chi connectivity index (χ2n) is 3.90. The first-order chi connectivity index (χ1) is 10.3. The van der Waals surface area contributed by atoms with E-state index in [-0.39, 0.29) is 12.5 Å². The standard InChI is InChI=1S/C16H14N2O2S/c19-16(8-7-15-6-4-12-21-15)18-10-1-2-11-20-14-5-3-9-17-13-14/h3-9,12-13H,10-11H2,(H,18,19)/b8-7+. The summed E-state index contributed by atoms with van der Waals surface area (Å²) < 4.78 is 5.35. The van der Waals surface area contributed by atoms with Crippen molar-refractivity contribution in [2.24, 2.45) is 0 Å². The lowest BCUT2D eigenvalue weighted by Crippen LogP contribution is -2.21. The van der Waals surface area contributed by atoms with E-state index in [2.05, 4.69) is 22.1 Å². The van der Waals surface area contributed by atoms with Crippen molar-refractivity contribution in [3.8, 4) is 17.6 Å². The van der Waals surface area contributed by atoms with Crippen LogP contribution in [0, 0.1) is 11.8 Å². The molecule has 0 spiro atoms. The molecule has 0 bridgehead atoms. The highest BCUT2D eigenvalue weighted by Crippen LogP contribution is 2.09. The number of aromatic nitrogens is 1. The lowest BCUT2D eigenvalue weighted by Gasteiger charge is -1.99. The number of carbonyl (C=O) groups is 1. The summed E-state index contributed by atoms with van der Waals surface area (Å²) in [4.78, 5) is 16.5. The molecule has 0 aliphatic heterocycles. The van der Waals surface area contributed by atoms with Gasteiger partial charge in [-0.25, -0.2) is 0 Å². The molecular weight excluding hydrogens is 284 g/mol. The van der Waals surface area contributed by atoms with Gasteiger partial charge in [0.15, 0.2) is 0 Å². The summed E-state index contributed by atoms with van der Waals surface area (Å²) in [7, 11) is 0. The Balaban J connectivity index is 1.63. The molecule has 5 heteroatoms. The summed E-state index contributed by atoms with van der Waals surface area (Å²) in [6, 6.07) is 7.49. The normalized spacial score (nSPS) is 9.90. The van der Waals surface area contributed by atoms with Crippen LogP contribution in [0.2, 0.25) is 0 Å². The van der Waals surface area contributed by atoms with E-state index in [1.54, 1.807) is 35.9 Å². The highest BCUT2D eigenvalue weighted by molar-refractivity contribution is 7.10. The fourth-order valence-electron chi connectivity index (χ4n) is 1.40. The van der Waals surface area contributed by atoms with Gasteiger partial charge in [0.05, 0.1) is 12.7 Å². The van der Waals surface area contributed by atoms with Gasteiger partial charge in [0, 0.05) is 17.2 Å². The Labute approximate surface area is 127 Å². The van der Waals surface area contributed by atoms with Gasteiger partial charge < -0.3 is 10.1 Å². The first-order valence-corrected chi connectivity index (χ1v) is 7.20. The van der Waals surface area contributed by atoms with Gasteiger partial charge in [-0.1, -0.05) is 17.9 Å². The maximum atomic E-state index is 11.5. The third kappa shape index (κ3) is 5.93. The summed E-state index contributed by atoms with van der Waals surface area (Å²) in [5, 5.41) is 4.64. The van der Waals surface area contributed by atoms with Gasteiger partial charge in [-0.15, -0.1) is 11.3 Å². The Morgan fingerprint density at radius 1 is 1.38 bits per heavy atom. The first-order valence-electron chi connectivity index (χ1n) is 6.32. The number of nitrogens with one attached hydrogen (secondary N) is 1. The summed E-state index contributed by atoms with van der Waals surface area (Å²) in [6.45, 7) is 0.566. The van der Waals surface area contributed by atoms with Gasteiger partial charge in [-0.3, -0.25) is 9.78 Å². The fourth-order valence-corrected chi connectivity index (χ4v) is 2.02. The highest BCUT2D eigenvalue weighted by atomic mass is 32.1. The van der Waals surface area contributed by atoms with Crippen molar-refractivity contribution in [2.75, 3.05) is 13.2 Å². The van der Waals surface area contributed by atoms with E-state index in [0.29, 0.717) is 12.3 Å². The second kappa shape index (κ2) is 8.56. The Kier molecular flexibility index (Phi) is 6.04. The lowest BCUT2D eigenvalue weighted by molar-refractivity contribution is -0.116. The van der Waals surface area contributed by atoms with Crippen molar-refractivity contribution < 1.29 is 9.53 Å². The number of carbonyl (C=O) groups excluding carboxylic acids is 1. The summed E-state index contributed by atoms with van der Waals surface area (Å²) in [5.74, 6) is 6.16. The first kappa shape index (κ1) is 14.8. The minimum Gasteiger partial charge on any atom is -0.479 e. The summed E-state index contributed by atoms with van der Waals surface area (Å²) >= 11 is 1.58. The van der Waals surface area contributed by atoms with Crippen LogP contribution in [-0.4, -0.2) is 24.0 Å². The molecule has 0 radical (unpaired) electrons. The number of pyridine rings is 1. The van der Waals surface area contributed by atoms with Gasteiger partial charge in [0.25, 0.3) is 0 Å². The molecule has 0 aromatic carbocycles. The second-order valence-corrected chi connectivity index (χ2v) is 4.88. The molecule has 0 fully saturated rings. The quantitative estimate of drug-likeness (QED) is 0.681. The molecule has 2 aromatic heterocycles. The molecule has 2 heterocycles.